The average Bonchev–Trinajstić information content (AvgIpc) is 3.10. The molecule has 126 valence electrons. The van der Waals surface area contributed by atoms with E-state index in [2.05, 4.69) is 0 Å². The van der Waals surface area contributed by atoms with Crippen LogP contribution in [-0.4, -0.2) is 24.5 Å². The van der Waals surface area contributed by atoms with Gasteiger partial charge in [-0.15, -0.1) is 0 Å². The van der Waals surface area contributed by atoms with Gasteiger partial charge >= 0.3 is 0 Å². The number of halogens is 1. The van der Waals surface area contributed by atoms with Gasteiger partial charge in [0, 0.05) is 18.0 Å². The SMILES string of the molecule is COc1ccc(CCC(=O)N2CCCC2c2ccccc2Cl)cc1. The maximum absolute atomic E-state index is 12.7. The van der Waals surface area contributed by atoms with Crippen molar-refractivity contribution in [1.82, 2.24) is 4.90 Å². The van der Waals surface area contributed by atoms with Gasteiger partial charge < -0.3 is 9.64 Å². The number of carbonyl (C=O) groups is 1. The van der Waals surface area contributed by atoms with Gasteiger partial charge in [0.25, 0.3) is 0 Å². The number of aryl methyl sites for hydroxylation is 1. The van der Waals surface area contributed by atoms with Gasteiger partial charge in [0.15, 0.2) is 0 Å². The highest BCUT2D eigenvalue weighted by atomic mass is 35.5. The van der Waals surface area contributed by atoms with Crippen molar-refractivity contribution in [3.05, 3.63) is 64.7 Å². The Morgan fingerprint density at radius 2 is 1.96 bits per heavy atom. The van der Waals surface area contributed by atoms with Gasteiger partial charge in [0.1, 0.15) is 5.75 Å². The molecule has 4 heteroatoms. The summed E-state index contributed by atoms with van der Waals surface area (Å²) in [4.78, 5) is 14.7. The molecule has 1 fully saturated rings. The Labute approximate surface area is 148 Å². The number of nitrogens with zero attached hydrogens (tertiary/aromatic N) is 1. The van der Waals surface area contributed by atoms with Crippen LogP contribution in [0.5, 0.6) is 5.75 Å². The van der Waals surface area contributed by atoms with Crippen LogP contribution in [-0.2, 0) is 11.2 Å². The number of amides is 1. The Kier molecular flexibility index (Phi) is 5.41. The monoisotopic (exact) mass is 343 g/mol. The van der Waals surface area contributed by atoms with Gasteiger partial charge in [-0.1, -0.05) is 41.9 Å². The minimum atomic E-state index is 0.113. The minimum Gasteiger partial charge on any atom is -0.497 e. The number of hydrogen-bond acceptors (Lipinski definition) is 2. The first-order valence-corrected chi connectivity index (χ1v) is 8.73. The largest absolute Gasteiger partial charge is 0.497 e. The zero-order valence-corrected chi connectivity index (χ0v) is 14.6. The zero-order valence-electron chi connectivity index (χ0n) is 13.9. The van der Waals surface area contributed by atoms with E-state index in [1.165, 1.54) is 0 Å². The molecule has 2 aromatic rings. The average molecular weight is 344 g/mol. The number of hydrogen-bond donors (Lipinski definition) is 0. The van der Waals surface area contributed by atoms with Crippen molar-refractivity contribution < 1.29 is 9.53 Å². The second kappa shape index (κ2) is 7.71. The summed E-state index contributed by atoms with van der Waals surface area (Å²) in [5.41, 5.74) is 2.21. The first-order chi connectivity index (χ1) is 11.7. The van der Waals surface area contributed by atoms with Crippen molar-refractivity contribution in [2.24, 2.45) is 0 Å². The predicted molar refractivity (Wildman–Crippen MR) is 96.5 cm³/mol. The summed E-state index contributed by atoms with van der Waals surface area (Å²) in [5.74, 6) is 1.04. The molecule has 2 aromatic carbocycles. The molecule has 0 N–H and O–H groups in total. The van der Waals surface area contributed by atoms with Crippen molar-refractivity contribution in [3.8, 4) is 5.75 Å². The normalized spacial score (nSPS) is 17.1. The zero-order chi connectivity index (χ0) is 16.9. The molecule has 0 saturated carbocycles. The van der Waals surface area contributed by atoms with Crippen molar-refractivity contribution >= 4 is 17.5 Å². The summed E-state index contributed by atoms with van der Waals surface area (Å²) in [6.45, 7) is 0.817. The summed E-state index contributed by atoms with van der Waals surface area (Å²) in [6, 6.07) is 15.9. The molecule has 0 aliphatic carbocycles. The highest BCUT2D eigenvalue weighted by Gasteiger charge is 2.30. The Bertz CT molecular complexity index is 699. The van der Waals surface area contributed by atoms with Crippen molar-refractivity contribution in [2.75, 3.05) is 13.7 Å². The fourth-order valence-corrected chi connectivity index (χ4v) is 3.58. The van der Waals surface area contributed by atoms with Crippen LogP contribution in [0.25, 0.3) is 0 Å². The Morgan fingerprint density at radius 1 is 1.21 bits per heavy atom. The topological polar surface area (TPSA) is 29.5 Å². The molecule has 0 aromatic heterocycles. The summed E-state index contributed by atoms with van der Waals surface area (Å²) in [7, 11) is 1.65. The molecular weight excluding hydrogens is 322 g/mol. The van der Waals surface area contributed by atoms with Gasteiger partial charge in [-0.05, 0) is 48.6 Å². The summed E-state index contributed by atoms with van der Waals surface area (Å²) >= 11 is 6.33. The summed E-state index contributed by atoms with van der Waals surface area (Å²) < 4.78 is 5.16. The van der Waals surface area contributed by atoms with Crippen LogP contribution < -0.4 is 4.74 Å². The molecular formula is C20H22ClNO2. The van der Waals surface area contributed by atoms with Crippen LogP contribution in [0, 0.1) is 0 Å². The molecule has 0 radical (unpaired) electrons. The van der Waals surface area contributed by atoms with Crippen molar-refractivity contribution in [3.63, 3.8) is 0 Å². The van der Waals surface area contributed by atoms with E-state index < -0.39 is 0 Å². The van der Waals surface area contributed by atoms with E-state index in [9.17, 15) is 4.79 Å². The molecule has 3 nitrogen and oxygen atoms in total. The lowest BCUT2D eigenvalue weighted by Crippen LogP contribution is -2.30. The highest BCUT2D eigenvalue weighted by molar-refractivity contribution is 6.31. The molecule has 0 spiro atoms. The standard InChI is InChI=1S/C20H22ClNO2/c1-24-16-11-8-15(9-12-16)10-13-20(23)22-14-4-7-19(22)17-5-2-3-6-18(17)21/h2-3,5-6,8-9,11-12,19H,4,7,10,13-14H2,1H3. The maximum atomic E-state index is 12.7. The number of methoxy groups -OCH3 is 1. The minimum absolute atomic E-state index is 0.113. The van der Waals surface area contributed by atoms with E-state index in [1.54, 1.807) is 7.11 Å². The molecule has 1 unspecified atom stereocenters. The quantitative estimate of drug-likeness (QED) is 0.791. The molecule has 1 saturated heterocycles. The van der Waals surface area contributed by atoms with Crippen LogP contribution in [0.4, 0.5) is 0 Å². The molecule has 1 heterocycles. The number of carbonyl (C=O) groups excluding carboxylic acids is 1. The fourth-order valence-electron chi connectivity index (χ4n) is 3.32. The van der Waals surface area contributed by atoms with E-state index in [1.807, 2.05) is 53.4 Å². The third-order valence-electron chi connectivity index (χ3n) is 4.62. The lowest BCUT2D eigenvalue weighted by molar-refractivity contribution is -0.132. The molecule has 3 rings (SSSR count). The van der Waals surface area contributed by atoms with Gasteiger partial charge in [-0.3, -0.25) is 4.79 Å². The van der Waals surface area contributed by atoms with Gasteiger partial charge in [-0.2, -0.15) is 0 Å². The van der Waals surface area contributed by atoms with Gasteiger partial charge in [-0.25, -0.2) is 0 Å². The Hall–Kier alpha value is -2.00. The van der Waals surface area contributed by atoms with E-state index in [4.69, 9.17) is 16.3 Å². The van der Waals surface area contributed by atoms with Crippen molar-refractivity contribution in [1.29, 1.82) is 0 Å². The van der Waals surface area contributed by atoms with Crippen molar-refractivity contribution in [2.45, 2.75) is 31.7 Å². The smallest absolute Gasteiger partial charge is 0.223 e. The van der Waals surface area contributed by atoms with Crippen LogP contribution >= 0.6 is 11.6 Å². The fraction of sp³-hybridized carbons (Fsp3) is 0.350. The second-order valence-corrected chi connectivity index (χ2v) is 6.52. The Morgan fingerprint density at radius 3 is 2.67 bits per heavy atom. The van der Waals surface area contributed by atoms with Crippen LogP contribution in [0.1, 0.15) is 36.4 Å². The highest BCUT2D eigenvalue weighted by Crippen LogP contribution is 2.36. The molecule has 1 aliphatic heterocycles. The number of rotatable bonds is 5. The molecule has 1 amide bonds. The van der Waals surface area contributed by atoms with E-state index in [0.29, 0.717) is 6.42 Å². The van der Waals surface area contributed by atoms with Gasteiger partial charge in [0.05, 0.1) is 13.2 Å². The third-order valence-corrected chi connectivity index (χ3v) is 4.97. The molecule has 1 aliphatic rings. The van der Waals surface area contributed by atoms with Gasteiger partial charge in [0.2, 0.25) is 5.91 Å². The molecule has 24 heavy (non-hydrogen) atoms. The van der Waals surface area contributed by atoms with Crippen LogP contribution in [0.3, 0.4) is 0 Å². The van der Waals surface area contributed by atoms with E-state index in [0.717, 1.165) is 47.7 Å². The lowest BCUT2D eigenvalue weighted by Gasteiger charge is -2.26. The van der Waals surface area contributed by atoms with Crippen LogP contribution in [0.15, 0.2) is 48.5 Å². The maximum Gasteiger partial charge on any atom is 0.223 e. The number of benzene rings is 2. The van der Waals surface area contributed by atoms with E-state index >= 15 is 0 Å². The first-order valence-electron chi connectivity index (χ1n) is 8.36. The predicted octanol–water partition coefficient (Wildman–Crippen LogP) is 4.64. The summed E-state index contributed by atoms with van der Waals surface area (Å²) in [6.07, 6.45) is 3.28. The molecule has 0 bridgehead atoms. The molecule has 1 atom stereocenters. The third kappa shape index (κ3) is 3.73. The van der Waals surface area contributed by atoms with Crippen LogP contribution in [0.2, 0.25) is 5.02 Å². The summed E-state index contributed by atoms with van der Waals surface area (Å²) in [5, 5.41) is 0.748. The van der Waals surface area contributed by atoms with E-state index in [-0.39, 0.29) is 11.9 Å². The number of ether oxygens (including phenoxy) is 1. The lowest BCUT2D eigenvalue weighted by atomic mass is 10.0. The first kappa shape index (κ1) is 16.8. The number of likely N-dealkylation sites (tertiary alicyclic amines) is 1. The Balaban J connectivity index is 1.64. The second-order valence-electron chi connectivity index (χ2n) is 6.11.